The van der Waals surface area contributed by atoms with Crippen LogP contribution >= 0.6 is 11.6 Å². The molecule has 0 saturated heterocycles. The molecule has 112 valence electrons. The standard InChI is InChI=1S/C15H12ClN3O3/c16-12-6-4-11(5-7-12)8-9-17-15(20)18-13-2-1-3-14(10-13)19(21)22/h1-10H,(H2,17,18,20)/b9-8+. The van der Waals surface area contributed by atoms with Crippen LogP contribution < -0.4 is 10.6 Å². The Bertz CT molecular complexity index is 714. The zero-order valence-electron chi connectivity index (χ0n) is 11.3. The van der Waals surface area contributed by atoms with Crippen molar-refractivity contribution in [2.75, 3.05) is 5.32 Å². The maximum atomic E-state index is 11.7. The lowest BCUT2D eigenvalue weighted by Gasteiger charge is -2.04. The van der Waals surface area contributed by atoms with Crippen LogP contribution in [0.5, 0.6) is 0 Å². The Morgan fingerprint density at radius 3 is 2.59 bits per heavy atom. The number of benzene rings is 2. The predicted molar refractivity (Wildman–Crippen MR) is 85.7 cm³/mol. The number of rotatable bonds is 4. The number of hydrogen-bond donors (Lipinski definition) is 2. The van der Waals surface area contributed by atoms with E-state index in [-0.39, 0.29) is 5.69 Å². The molecule has 0 fully saturated rings. The molecule has 22 heavy (non-hydrogen) atoms. The van der Waals surface area contributed by atoms with Crippen LogP contribution in [0.25, 0.3) is 6.08 Å². The van der Waals surface area contributed by atoms with Crippen molar-refractivity contribution in [1.82, 2.24) is 5.32 Å². The number of nitrogens with zero attached hydrogens (tertiary/aromatic N) is 1. The fourth-order valence-corrected chi connectivity index (χ4v) is 1.78. The molecule has 0 spiro atoms. The fraction of sp³-hybridized carbons (Fsp3) is 0. The normalized spacial score (nSPS) is 10.4. The number of non-ortho nitro benzene ring substituents is 1. The molecular formula is C15H12ClN3O3. The van der Waals surface area contributed by atoms with Gasteiger partial charge in [-0.1, -0.05) is 29.8 Å². The molecule has 2 aromatic rings. The van der Waals surface area contributed by atoms with Crippen molar-refractivity contribution >= 4 is 35.1 Å². The molecule has 2 N–H and O–H groups in total. The van der Waals surface area contributed by atoms with Crippen molar-refractivity contribution in [1.29, 1.82) is 0 Å². The number of halogens is 1. The summed E-state index contributed by atoms with van der Waals surface area (Å²) in [5.74, 6) is 0. The lowest BCUT2D eigenvalue weighted by molar-refractivity contribution is -0.384. The average molecular weight is 318 g/mol. The van der Waals surface area contributed by atoms with E-state index in [1.54, 1.807) is 36.4 Å². The second-order valence-electron chi connectivity index (χ2n) is 4.29. The molecule has 0 bridgehead atoms. The van der Waals surface area contributed by atoms with Crippen molar-refractivity contribution in [3.05, 3.63) is 75.4 Å². The molecule has 0 aliphatic carbocycles. The molecule has 0 aromatic heterocycles. The quantitative estimate of drug-likeness (QED) is 0.659. The highest BCUT2D eigenvalue weighted by atomic mass is 35.5. The van der Waals surface area contributed by atoms with Gasteiger partial charge in [0.25, 0.3) is 5.69 Å². The molecule has 0 radical (unpaired) electrons. The van der Waals surface area contributed by atoms with E-state index in [0.717, 1.165) is 5.56 Å². The molecular weight excluding hydrogens is 306 g/mol. The van der Waals surface area contributed by atoms with Gasteiger partial charge in [0.05, 0.1) is 4.92 Å². The van der Waals surface area contributed by atoms with Crippen LogP contribution in [-0.4, -0.2) is 11.0 Å². The van der Waals surface area contributed by atoms with E-state index in [4.69, 9.17) is 11.6 Å². The van der Waals surface area contributed by atoms with E-state index in [2.05, 4.69) is 10.6 Å². The number of nitrogens with one attached hydrogen (secondary N) is 2. The summed E-state index contributed by atoms with van der Waals surface area (Å²) in [6, 6.07) is 12.3. The number of urea groups is 1. The van der Waals surface area contributed by atoms with Crippen molar-refractivity contribution in [3.63, 3.8) is 0 Å². The van der Waals surface area contributed by atoms with E-state index in [0.29, 0.717) is 10.7 Å². The predicted octanol–water partition coefficient (Wildman–Crippen LogP) is 4.04. The van der Waals surface area contributed by atoms with Crippen LogP contribution in [0.2, 0.25) is 5.02 Å². The van der Waals surface area contributed by atoms with Gasteiger partial charge >= 0.3 is 6.03 Å². The van der Waals surface area contributed by atoms with Gasteiger partial charge in [0, 0.05) is 29.0 Å². The van der Waals surface area contributed by atoms with Crippen molar-refractivity contribution in [2.24, 2.45) is 0 Å². The topological polar surface area (TPSA) is 84.3 Å². The molecule has 0 heterocycles. The number of anilines is 1. The maximum Gasteiger partial charge on any atom is 0.323 e. The fourth-order valence-electron chi connectivity index (χ4n) is 1.65. The smallest absolute Gasteiger partial charge is 0.314 e. The van der Waals surface area contributed by atoms with E-state index in [1.807, 2.05) is 0 Å². The highest BCUT2D eigenvalue weighted by Crippen LogP contribution is 2.16. The third-order valence-corrected chi connectivity index (χ3v) is 2.93. The molecule has 7 heteroatoms. The molecule has 6 nitrogen and oxygen atoms in total. The van der Waals surface area contributed by atoms with Gasteiger partial charge in [0.1, 0.15) is 0 Å². The minimum absolute atomic E-state index is 0.0884. The van der Waals surface area contributed by atoms with Crippen LogP contribution in [0.1, 0.15) is 5.56 Å². The van der Waals surface area contributed by atoms with E-state index in [9.17, 15) is 14.9 Å². The highest BCUT2D eigenvalue weighted by molar-refractivity contribution is 6.30. The Hall–Kier alpha value is -2.86. The van der Waals surface area contributed by atoms with Crippen LogP contribution in [0.4, 0.5) is 16.2 Å². The summed E-state index contributed by atoms with van der Waals surface area (Å²) in [5.41, 5.74) is 1.13. The number of nitro benzene ring substituents is 1. The third kappa shape index (κ3) is 4.60. The maximum absolute atomic E-state index is 11.7. The monoisotopic (exact) mass is 317 g/mol. The Kier molecular flexibility index (Phi) is 5.11. The van der Waals surface area contributed by atoms with Gasteiger partial charge in [-0.3, -0.25) is 10.1 Å². The first kappa shape index (κ1) is 15.5. The summed E-state index contributed by atoms with van der Waals surface area (Å²) in [6.07, 6.45) is 3.17. The lowest BCUT2D eigenvalue weighted by Crippen LogP contribution is -2.23. The van der Waals surface area contributed by atoms with E-state index < -0.39 is 11.0 Å². The molecule has 0 aliphatic heterocycles. The van der Waals surface area contributed by atoms with Crippen LogP contribution in [0.3, 0.4) is 0 Å². The first-order valence-electron chi connectivity index (χ1n) is 6.29. The minimum atomic E-state index is -0.524. The summed E-state index contributed by atoms with van der Waals surface area (Å²) >= 11 is 5.77. The molecule has 2 aromatic carbocycles. The highest BCUT2D eigenvalue weighted by Gasteiger charge is 2.06. The lowest BCUT2D eigenvalue weighted by atomic mass is 10.2. The zero-order valence-corrected chi connectivity index (χ0v) is 12.1. The summed E-state index contributed by atoms with van der Waals surface area (Å²) in [7, 11) is 0. The summed E-state index contributed by atoms with van der Waals surface area (Å²) < 4.78 is 0. The van der Waals surface area contributed by atoms with Gasteiger partial charge < -0.3 is 10.6 Å². The molecule has 0 saturated carbocycles. The average Bonchev–Trinajstić information content (AvgIpc) is 2.49. The van der Waals surface area contributed by atoms with Gasteiger partial charge in [0.15, 0.2) is 0 Å². The second-order valence-corrected chi connectivity index (χ2v) is 4.73. The minimum Gasteiger partial charge on any atom is -0.314 e. The number of hydrogen-bond acceptors (Lipinski definition) is 3. The number of carbonyl (C=O) groups is 1. The summed E-state index contributed by atoms with van der Waals surface area (Å²) in [4.78, 5) is 21.8. The van der Waals surface area contributed by atoms with E-state index >= 15 is 0 Å². The van der Waals surface area contributed by atoms with Crippen molar-refractivity contribution in [2.45, 2.75) is 0 Å². The Morgan fingerprint density at radius 1 is 1.18 bits per heavy atom. The van der Waals surface area contributed by atoms with Gasteiger partial charge in [0.2, 0.25) is 0 Å². The Balaban J connectivity index is 1.91. The van der Waals surface area contributed by atoms with Crippen LogP contribution in [0.15, 0.2) is 54.7 Å². The molecule has 2 rings (SSSR count). The first-order valence-corrected chi connectivity index (χ1v) is 6.66. The Labute approximate surface area is 131 Å². The molecule has 0 atom stereocenters. The van der Waals surface area contributed by atoms with Gasteiger partial charge in [-0.05, 0) is 29.8 Å². The number of amides is 2. The summed E-state index contributed by atoms with van der Waals surface area (Å²) in [6.45, 7) is 0. The van der Waals surface area contributed by atoms with Crippen LogP contribution in [0, 0.1) is 10.1 Å². The molecule has 2 amide bonds. The van der Waals surface area contributed by atoms with Crippen molar-refractivity contribution in [3.8, 4) is 0 Å². The molecule has 0 aliphatic rings. The largest absolute Gasteiger partial charge is 0.323 e. The first-order chi connectivity index (χ1) is 10.5. The SMILES string of the molecule is O=C(N/C=C/c1ccc(Cl)cc1)Nc1cccc([N+](=O)[O-])c1. The van der Waals surface area contributed by atoms with Gasteiger partial charge in [-0.25, -0.2) is 4.79 Å². The number of carbonyl (C=O) groups excluding carboxylic acids is 1. The third-order valence-electron chi connectivity index (χ3n) is 2.68. The van der Waals surface area contributed by atoms with Gasteiger partial charge in [-0.2, -0.15) is 0 Å². The zero-order chi connectivity index (χ0) is 15.9. The summed E-state index contributed by atoms with van der Waals surface area (Å²) in [5, 5.41) is 16.3. The van der Waals surface area contributed by atoms with Crippen molar-refractivity contribution < 1.29 is 9.72 Å². The van der Waals surface area contributed by atoms with E-state index in [1.165, 1.54) is 24.4 Å². The number of nitro groups is 1. The molecule has 0 unspecified atom stereocenters. The van der Waals surface area contributed by atoms with Gasteiger partial charge in [-0.15, -0.1) is 0 Å². The second kappa shape index (κ2) is 7.24. The Morgan fingerprint density at radius 2 is 1.91 bits per heavy atom. The van der Waals surface area contributed by atoms with Crippen LogP contribution in [-0.2, 0) is 0 Å².